The lowest BCUT2D eigenvalue weighted by molar-refractivity contribution is -0.0440. The van der Waals surface area contributed by atoms with Gasteiger partial charge in [0.05, 0.1) is 22.8 Å². The number of nitrogens with zero attached hydrogens (tertiary/aromatic N) is 1. The van der Waals surface area contributed by atoms with Crippen molar-refractivity contribution in [3.05, 3.63) is 57.6 Å². The molecule has 0 N–H and O–H groups in total. The zero-order valence-electron chi connectivity index (χ0n) is 17.7. The summed E-state index contributed by atoms with van der Waals surface area (Å²) in [6, 6.07) is 8.00. The summed E-state index contributed by atoms with van der Waals surface area (Å²) < 4.78 is 39.0. The van der Waals surface area contributed by atoms with Crippen LogP contribution in [0.4, 0.5) is 0 Å². The third-order valence-electron chi connectivity index (χ3n) is 5.24. The highest BCUT2D eigenvalue weighted by Gasteiger charge is 2.34. The van der Waals surface area contributed by atoms with Gasteiger partial charge in [-0.05, 0) is 69.5 Å². The van der Waals surface area contributed by atoms with Gasteiger partial charge in [0.1, 0.15) is 10.6 Å². The van der Waals surface area contributed by atoms with Gasteiger partial charge in [0.2, 0.25) is 10.0 Å². The molecular formula is C22H26ClNO5S. The first-order valence-electron chi connectivity index (χ1n) is 9.75. The number of morpholine rings is 1. The maximum Gasteiger partial charge on any atom is 0.343 e. The Labute approximate surface area is 182 Å². The Balaban J connectivity index is 1.94. The van der Waals surface area contributed by atoms with Crippen LogP contribution < -0.4 is 4.74 Å². The molecule has 1 aliphatic rings. The normalized spacial score (nSPS) is 20.2. The lowest BCUT2D eigenvalue weighted by Gasteiger charge is -2.34. The Bertz CT molecular complexity index is 1070. The van der Waals surface area contributed by atoms with Crippen LogP contribution in [0.25, 0.3) is 0 Å². The number of hydrogen-bond acceptors (Lipinski definition) is 5. The number of halogens is 1. The van der Waals surface area contributed by atoms with Crippen molar-refractivity contribution in [1.82, 2.24) is 4.31 Å². The Morgan fingerprint density at radius 1 is 1.07 bits per heavy atom. The average Bonchev–Trinajstić information content (AvgIpc) is 2.67. The molecule has 1 fully saturated rings. The molecule has 1 saturated heterocycles. The summed E-state index contributed by atoms with van der Waals surface area (Å²) in [5.41, 5.74) is 2.80. The molecule has 0 aliphatic carbocycles. The predicted molar refractivity (Wildman–Crippen MR) is 116 cm³/mol. The average molecular weight is 452 g/mol. The maximum absolute atomic E-state index is 13.2. The molecule has 1 aliphatic heterocycles. The highest BCUT2D eigenvalue weighted by atomic mass is 35.5. The van der Waals surface area contributed by atoms with E-state index in [4.69, 9.17) is 21.1 Å². The van der Waals surface area contributed by atoms with Crippen molar-refractivity contribution in [2.45, 2.75) is 51.7 Å². The number of benzene rings is 2. The van der Waals surface area contributed by atoms with Gasteiger partial charge in [-0.25, -0.2) is 13.2 Å². The molecule has 3 rings (SSSR count). The number of esters is 1. The summed E-state index contributed by atoms with van der Waals surface area (Å²) in [7, 11) is -3.90. The molecule has 0 radical (unpaired) electrons. The Morgan fingerprint density at radius 3 is 2.30 bits per heavy atom. The fourth-order valence-electron chi connectivity index (χ4n) is 3.53. The van der Waals surface area contributed by atoms with Gasteiger partial charge in [-0.3, -0.25) is 0 Å². The van der Waals surface area contributed by atoms with Crippen LogP contribution in [-0.2, 0) is 14.8 Å². The smallest absolute Gasteiger partial charge is 0.343 e. The Hall–Kier alpha value is -1.93. The van der Waals surface area contributed by atoms with E-state index in [1.807, 2.05) is 46.8 Å². The van der Waals surface area contributed by atoms with Gasteiger partial charge < -0.3 is 9.47 Å². The summed E-state index contributed by atoms with van der Waals surface area (Å²) in [5, 5.41) is 0.0567. The van der Waals surface area contributed by atoms with Gasteiger partial charge in [-0.15, -0.1) is 0 Å². The minimum Gasteiger partial charge on any atom is -0.422 e. The second-order valence-electron chi connectivity index (χ2n) is 7.77. The van der Waals surface area contributed by atoms with Crippen LogP contribution in [0.15, 0.2) is 35.2 Å². The summed E-state index contributed by atoms with van der Waals surface area (Å²) in [4.78, 5) is 12.7. The van der Waals surface area contributed by atoms with Crippen molar-refractivity contribution in [3.8, 4) is 5.75 Å². The van der Waals surface area contributed by atoms with Crippen molar-refractivity contribution in [3.63, 3.8) is 0 Å². The topological polar surface area (TPSA) is 72.9 Å². The fraction of sp³-hybridized carbons (Fsp3) is 0.409. The zero-order valence-corrected chi connectivity index (χ0v) is 19.3. The highest BCUT2D eigenvalue weighted by molar-refractivity contribution is 7.89. The fourth-order valence-corrected chi connectivity index (χ4v) is 5.62. The van der Waals surface area contributed by atoms with E-state index in [0.29, 0.717) is 5.75 Å². The van der Waals surface area contributed by atoms with E-state index in [2.05, 4.69) is 0 Å². The molecule has 30 heavy (non-hydrogen) atoms. The molecule has 2 aromatic rings. The molecule has 0 aromatic heterocycles. The monoisotopic (exact) mass is 451 g/mol. The van der Waals surface area contributed by atoms with Crippen molar-refractivity contribution in [2.75, 3.05) is 13.1 Å². The highest BCUT2D eigenvalue weighted by Crippen LogP contribution is 2.30. The Morgan fingerprint density at radius 2 is 1.67 bits per heavy atom. The molecule has 2 unspecified atom stereocenters. The number of carbonyl (C=O) groups is 1. The van der Waals surface area contributed by atoms with E-state index >= 15 is 0 Å². The molecule has 6 nitrogen and oxygen atoms in total. The molecule has 8 heteroatoms. The van der Waals surface area contributed by atoms with E-state index in [1.165, 1.54) is 22.5 Å². The van der Waals surface area contributed by atoms with Crippen molar-refractivity contribution in [1.29, 1.82) is 0 Å². The molecule has 0 amide bonds. The second-order valence-corrected chi connectivity index (χ2v) is 10.1. The first kappa shape index (κ1) is 22.7. The van der Waals surface area contributed by atoms with Crippen LogP contribution in [0.3, 0.4) is 0 Å². The largest absolute Gasteiger partial charge is 0.422 e. The van der Waals surface area contributed by atoms with Gasteiger partial charge in [0, 0.05) is 13.1 Å². The summed E-state index contributed by atoms with van der Waals surface area (Å²) in [6.07, 6.45) is -0.467. The molecule has 2 atom stereocenters. The summed E-state index contributed by atoms with van der Waals surface area (Å²) in [5.74, 6) is -0.154. The standard InChI is InChI=1S/C22H26ClNO5S/c1-13-6-7-14(2)21(17(13)5)29-22(25)18-8-9-19(23)20(10-18)30(26,27)24-11-15(3)28-16(4)12-24/h6-10,15-16H,11-12H2,1-5H3. The number of ether oxygens (including phenoxy) is 2. The van der Waals surface area contributed by atoms with E-state index in [0.717, 1.165) is 16.7 Å². The minimum atomic E-state index is -3.90. The van der Waals surface area contributed by atoms with Crippen LogP contribution in [-0.4, -0.2) is 44.0 Å². The van der Waals surface area contributed by atoms with Crippen molar-refractivity contribution < 1.29 is 22.7 Å². The molecule has 0 bridgehead atoms. The second kappa shape index (κ2) is 8.67. The van der Waals surface area contributed by atoms with Gasteiger partial charge in [0.15, 0.2) is 0 Å². The van der Waals surface area contributed by atoms with Crippen molar-refractivity contribution in [2.24, 2.45) is 0 Å². The van der Waals surface area contributed by atoms with Crippen LogP contribution in [0.1, 0.15) is 40.9 Å². The lowest BCUT2D eigenvalue weighted by atomic mass is 10.1. The minimum absolute atomic E-state index is 0.0567. The van der Waals surface area contributed by atoms with Gasteiger partial charge >= 0.3 is 5.97 Å². The van der Waals surface area contributed by atoms with Gasteiger partial charge in [0.25, 0.3) is 0 Å². The molecule has 2 aromatic carbocycles. The first-order chi connectivity index (χ1) is 14.0. The van der Waals surface area contributed by atoms with E-state index in [9.17, 15) is 13.2 Å². The molecule has 0 spiro atoms. The van der Waals surface area contributed by atoms with Crippen LogP contribution in [0.5, 0.6) is 5.75 Å². The number of carbonyl (C=O) groups excluding carboxylic acids is 1. The van der Waals surface area contributed by atoms with Crippen LogP contribution in [0.2, 0.25) is 5.02 Å². The predicted octanol–water partition coefficient (Wildman–Crippen LogP) is 4.28. The maximum atomic E-state index is 13.2. The van der Waals surface area contributed by atoms with Crippen LogP contribution >= 0.6 is 11.6 Å². The first-order valence-corrected chi connectivity index (χ1v) is 11.6. The quantitative estimate of drug-likeness (QED) is 0.512. The number of sulfonamides is 1. The number of hydrogen-bond donors (Lipinski definition) is 0. The Kier molecular flexibility index (Phi) is 6.57. The molecule has 1 heterocycles. The molecule has 162 valence electrons. The summed E-state index contributed by atoms with van der Waals surface area (Å²) >= 11 is 6.22. The van der Waals surface area contributed by atoms with Crippen LogP contribution in [0, 0.1) is 20.8 Å². The summed E-state index contributed by atoms with van der Waals surface area (Å²) in [6.45, 7) is 9.75. The molecular weight excluding hydrogens is 426 g/mol. The van der Waals surface area contributed by atoms with Gasteiger partial charge in [-0.2, -0.15) is 4.31 Å². The van der Waals surface area contributed by atoms with E-state index in [-0.39, 0.29) is 40.8 Å². The third-order valence-corrected chi connectivity index (χ3v) is 7.55. The van der Waals surface area contributed by atoms with E-state index in [1.54, 1.807) is 0 Å². The van der Waals surface area contributed by atoms with Crippen molar-refractivity contribution >= 4 is 27.6 Å². The van der Waals surface area contributed by atoms with Gasteiger partial charge in [-0.1, -0.05) is 23.7 Å². The zero-order chi connectivity index (χ0) is 22.2. The van der Waals surface area contributed by atoms with E-state index < -0.39 is 16.0 Å². The number of aryl methyl sites for hydroxylation is 2. The SMILES string of the molecule is Cc1ccc(C)c(OC(=O)c2ccc(Cl)c(S(=O)(=O)N3CC(C)OC(C)C3)c2)c1C. The lowest BCUT2D eigenvalue weighted by Crippen LogP contribution is -2.48. The molecule has 0 saturated carbocycles. The number of rotatable bonds is 4. The third kappa shape index (κ3) is 4.54.